The van der Waals surface area contributed by atoms with Crippen LogP contribution >= 0.6 is 0 Å². The minimum absolute atomic E-state index is 0.229. The van der Waals surface area contributed by atoms with Gasteiger partial charge in [0.25, 0.3) is 5.91 Å². The summed E-state index contributed by atoms with van der Waals surface area (Å²) in [6, 6.07) is 11.5. The Hall–Kier alpha value is -4.07. The summed E-state index contributed by atoms with van der Waals surface area (Å²) >= 11 is 0. The van der Waals surface area contributed by atoms with Gasteiger partial charge in [-0.1, -0.05) is 18.2 Å². The van der Waals surface area contributed by atoms with Crippen LogP contribution in [0, 0.1) is 5.95 Å². The average molecular weight is 438 g/mol. The highest BCUT2D eigenvalue weighted by molar-refractivity contribution is 6.05. The highest BCUT2D eigenvalue weighted by Crippen LogP contribution is 2.38. The summed E-state index contributed by atoms with van der Waals surface area (Å²) in [7, 11) is 6.17. The number of halogens is 1. The van der Waals surface area contributed by atoms with Gasteiger partial charge in [-0.05, 0) is 47.5 Å². The summed E-state index contributed by atoms with van der Waals surface area (Å²) in [5.41, 5.74) is 2.34. The van der Waals surface area contributed by atoms with Crippen molar-refractivity contribution in [2.75, 3.05) is 33.8 Å². The van der Waals surface area contributed by atoms with Crippen LogP contribution in [0.15, 0.2) is 48.7 Å². The summed E-state index contributed by atoms with van der Waals surface area (Å²) in [5.74, 6) is 0.999. The summed E-state index contributed by atoms with van der Waals surface area (Å²) in [4.78, 5) is 16.0. The third kappa shape index (κ3) is 5.15. The van der Waals surface area contributed by atoms with E-state index in [1.165, 1.54) is 19.4 Å². The Bertz CT molecular complexity index is 1100. The Morgan fingerprint density at radius 1 is 0.844 bits per heavy atom. The molecule has 0 aliphatic carbocycles. The molecule has 0 aliphatic heterocycles. The van der Waals surface area contributed by atoms with Crippen molar-refractivity contribution in [3.8, 4) is 23.0 Å². The lowest BCUT2D eigenvalue weighted by Crippen LogP contribution is -2.13. The van der Waals surface area contributed by atoms with Gasteiger partial charge in [-0.15, -0.1) is 0 Å². The van der Waals surface area contributed by atoms with Gasteiger partial charge >= 0.3 is 0 Å². The Balaban J connectivity index is 1.87. The van der Waals surface area contributed by atoms with Crippen LogP contribution in [0.5, 0.6) is 23.0 Å². The van der Waals surface area contributed by atoms with Crippen LogP contribution in [-0.4, -0.2) is 39.3 Å². The Morgan fingerprint density at radius 2 is 1.50 bits per heavy atom. The molecule has 0 saturated heterocycles. The molecule has 166 valence electrons. The predicted octanol–water partition coefficient (Wildman–Crippen LogP) is 4.68. The summed E-state index contributed by atoms with van der Waals surface area (Å²) in [6.45, 7) is 0. The molecule has 0 fully saturated rings. The van der Waals surface area contributed by atoms with Gasteiger partial charge < -0.3 is 24.3 Å². The molecule has 1 heterocycles. The molecular weight excluding hydrogens is 415 g/mol. The first kappa shape index (κ1) is 22.6. The molecular formula is C24H23FN2O5. The number of hydrogen-bond acceptors (Lipinski definition) is 6. The zero-order chi connectivity index (χ0) is 23.1. The van der Waals surface area contributed by atoms with Crippen LogP contribution in [0.3, 0.4) is 0 Å². The number of ether oxygens (including phenoxy) is 4. The van der Waals surface area contributed by atoms with E-state index in [2.05, 4.69) is 10.3 Å². The van der Waals surface area contributed by atoms with Gasteiger partial charge in [0, 0.05) is 6.20 Å². The van der Waals surface area contributed by atoms with Crippen molar-refractivity contribution in [3.05, 3.63) is 71.3 Å². The predicted molar refractivity (Wildman–Crippen MR) is 120 cm³/mol. The zero-order valence-electron chi connectivity index (χ0n) is 18.1. The van der Waals surface area contributed by atoms with Gasteiger partial charge in [0.1, 0.15) is 5.75 Å². The fourth-order valence-corrected chi connectivity index (χ4v) is 3.02. The average Bonchev–Trinajstić information content (AvgIpc) is 2.82. The van der Waals surface area contributed by atoms with E-state index in [1.54, 1.807) is 33.5 Å². The maximum absolute atomic E-state index is 13.0. The van der Waals surface area contributed by atoms with Crippen LogP contribution in [-0.2, 0) is 0 Å². The molecule has 1 N–H and O–H groups in total. The van der Waals surface area contributed by atoms with Crippen LogP contribution in [0.2, 0.25) is 0 Å². The third-order valence-corrected chi connectivity index (χ3v) is 4.62. The number of carbonyl (C=O) groups is 1. The summed E-state index contributed by atoms with van der Waals surface area (Å²) in [5, 5.41) is 2.77. The first-order valence-electron chi connectivity index (χ1n) is 9.58. The highest BCUT2D eigenvalue weighted by atomic mass is 19.1. The Kier molecular flexibility index (Phi) is 7.28. The molecule has 8 heteroatoms. The van der Waals surface area contributed by atoms with Crippen molar-refractivity contribution < 1.29 is 28.1 Å². The van der Waals surface area contributed by atoms with Crippen molar-refractivity contribution in [1.29, 1.82) is 0 Å². The van der Waals surface area contributed by atoms with Crippen molar-refractivity contribution in [3.63, 3.8) is 0 Å². The molecule has 0 aliphatic rings. The lowest BCUT2D eigenvalue weighted by molar-refractivity contribution is 0.102. The van der Waals surface area contributed by atoms with Crippen LogP contribution in [0.25, 0.3) is 12.2 Å². The van der Waals surface area contributed by atoms with Gasteiger partial charge in [0.2, 0.25) is 11.7 Å². The molecule has 1 amide bonds. The molecule has 3 aromatic rings. The molecule has 32 heavy (non-hydrogen) atoms. The van der Waals surface area contributed by atoms with Crippen molar-refractivity contribution in [2.45, 2.75) is 0 Å². The van der Waals surface area contributed by atoms with Crippen molar-refractivity contribution in [1.82, 2.24) is 4.98 Å². The molecule has 1 aromatic heterocycles. The molecule has 0 spiro atoms. The molecule has 7 nitrogen and oxygen atoms in total. The van der Waals surface area contributed by atoms with Crippen LogP contribution < -0.4 is 24.3 Å². The van der Waals surface area contributed by atoms with E-state index in [1.807, 2.05) is 30.4 Å². The van der Waals surface area contributed by atoms with E-state index in [-0.39, 0.29) is 5.56 Å². The van der Waals surface area contributed by atoms with Crippen molar-refractivity contribution >= 4 is 23.7 Å². The Morgan fingerprint density at radius 3 is 2.06 bits per heavy atom. The van der Waals surface area contributed by atoms with Gasteiger partial charge in [0.15, 0.2) is 11.5 Å². The van der Waals surface area contributed by atoms with Gasteiger partial charge in [-0.2, -0.15) is 4.39 Å². The minimum atomic E-state index is -0.655. The maximum atomic E-state index is 13.0. The number of anilines is 1. The topological polar surface area (TPSA) is 78.9 Å². The number of amides is 1. The molecule has 0 radical (unpaired) electrons. The minimum Gasteiger partial charge on any atom is -0.495 e. The standard InChI is InChI=1S/C24H23FN2O5/c1-29-19-9-7-15(11-18(19)27-24(28)17-8-10-22(25)26-14-17)5-6-16-12-20(30-2)23(32-4)21(13-16)31-3/h5-14H,1-4H3,(H,27,28)/b6-5-. The van der Waals surface area contributed by atoms with E-state index in [0.717, 1.165) is 17.2 Å². The molecule has 0 saturated carbocycles. The number of methoxy groups -OCH3 is 4. The summed E-state index contributed by atoms with van der Waals surface area (Å²) < 4.78 is 34.5. The SMILES string of the molecule is COc1ccc(/C=C\c2cc(OC)c(OC)c(OC)c2)cc1NC(=O)c1ccc(F)nc1. The number of nitrogens with one attached hydrogen (secondary N) is 1. The van der Waals surface area contributed by atoms with Gasteiger partial charge in [-0.3, -0.25) is 4.79 Å². The molecule has 0 bridgehead atoms. The fourth-order valence-electron chi connectivity index (χ4n) is 3.02. The van der Waals surface area contributed by atoms with Gasteiger partial charge in [0.05, 0.1) is 39.7 Å². The number of benzene rings is 2. The van der Waals surface area contributed by atoms with Crippen LogP contribution in [0.4, 0.5) is 10.1 Å². The zero-order valence-corrected chi connectivity index (χ0v) is 18.1. The van der Waals surface area contributed by atoms with Gasteiger partial charge in [-0.25, -0.2) is 4.98 Å². The third-order valence-electron chi connectivity index (χ3n) is 4.62. The Labute approximate surface area is 185 Å². The second kappa shape index (κ2) is 10.3. The lowest BCUT2D eigenvalue weighted by atomic mass is 10.1. The second-order valence-corrected chi connectivity index (χ2v) is 6.58. The smallest absolute Gasteiger partial charge is 0.257 e. The molecule has 0 atom stereocenters. The molecule has 2 aromatic carbocycles. The number of hydrogen-bond donors (Lipinski definition) is 1. The lowest BCUT2D eigenvalue weighted by Gasteiger charge is -2.13. The first-order valence-corrected chi connectivity index (χ1v) is 9.58. The number of carbonyl (C=O) groups excluding carboxylic acids is 1. The van der Waals surface area contributed by atoms with Crippen LogP contribution in [0.1, 0.15) is 21.5 Å². The monoisotopic (exact) mass is 438 g/mol. The van der Waals surface area contributed by atoms with E-state index >= 15 is 0 Å². The van der Waals surface area contributed by atoms with E-state index < -0.39 is 11.9 Å². The van der Waals surface area contributed by atoms with Crippen molar-refractivity contribution in [2.24, 2.45) is 0 Å². The first-order chi connectivity index (χ1) is 15.5. The maximum Gasteiger partial charge on any atom is 0.257 e. The molecule has 3 rings (SSSR count). The number of pyridine rings is 1. The highest BCUT2D eigenvalue weighted by Gasteiger charge is 2.13. The van der Waals surface area contributed by atoms with E-state index in [0.29, 0.717) is 28.7 Å². The normalized spacial score (nSPS) is 10.7. The fraction of sp³-hybridized carbons (Fsp3) is 0.167. The quantitative estimate of drug-likeness (QED) is 0.407. The largest absolute Gasteiger partial charge is 0.495 e. The number of rotatable bonds is 8. The molecule has 0 unspecified atom stereocenters. The number of aromatic nitrogens is 1. The number of nitrogens with zero attached hydrogens (tertiary/aromatic N) is 1. The van der Waals surface area contributed by atoms with E-state index in [9.17, 15) is 9.18 Å². The second-order valence-electron chi connectivity index (χ2n) is 6.58. The van der Waals surface area contributed by atoms with E-state index in [4.69, 9.17) is 18.9 Å². The summed E-state index contributed by atoms with van der Waals surface area (Å²) in [6.07, 6.45) is 4.92.